The Balaban J connectivity index is 0.000000537. The van der Waals surface area contributed by atoms with E-state index in [1.54, 1.807) is 6.20 Å². The van der Waals surface area contributed by atoms with Gasteiger partial charge in [-0.05, 0) is 42.4 Å². The molecule has 0 bridgehead atoms. The minimum absolute atomic E-state index is 0.167. The third-order valence-corrected chi connectivity index (χ3v) is 4.55. The largest absolute Gasteiger partial charge is 0.369 e. The summed E-state index contributed by atoms with van der Waals surface area (Å²) in [6, 6.07) is 7.83. The van der Waals surface area contributed by atoms with Crippen molar-refractivity contribution in [3.8, 4) is 0 Å². The molecule has 1 aromatic carbocycles. The van der Waals surface area contributed by atoms with Crippen LogP contribution < -0.4 is 11.2 Å². The van der Waals surface area contributed by atoms with Gasteiger partial charge in [0.25, 0.3) is 10.1 Å². The third kappa shape index (κ3) is 6.77. The number of rotatable bonds is 3. The fourth-order valence-electron chi connectivity index (χ4n) is 3.13. The molecule has 2 aromatic rings. The van der Waals surface area contributed by atoms with E-state index in [0.717, 1.165) is 46.0 Å². The van der Waals surface area contributed by atoms with E-state index < -0.39 is 10.1 Å². The Morgan fingerprint density at radius 1 is 1.41 bits per heavy atom. The lowest BCUT2D eigenvalue weighted by Gasteiger charge is -2.27. The molecule has 0 radical (unpaired) electrons. The van der Waals surface area contributed by atoms with E-state index in [9.17, 15) is 8.42 Å². The SMILES string of the molecule is CCc1cnnc2c1C(=NNC(=N)N)CC(c1ccccc1Cl)C2.CS(=O)(=O)O. The lowest BCUT2D eigenvalue weighted by atomic mass is 9.80. The zero-order valence-electron chi connectivity index (χ0n) is 16.1. The number of fused-ring (bicyclic) bond motifs is 1. The Hall–Kier alpha value is -2.56. The summed E-state index contributed by atoms with van der Waals surface area (Å²) in [6.45, 7) is 2.08. The summed E-state index contributed by atoms with van der Waals surface area (Å²) in [6.07, 6.45) is 4.80. The van der Waals surface area contributed by atoms with Crippen LogP contribution in [-0.2, 0) is 23.0 Å². The Kier molecular flexibility index (Phi) is 7.66. The first-order valence-electron chi connectivity index (χ1n) is 8.77. The van der Waals surface area contributed by atoms with Gasteiger partial charge >= 0.3 is 0 Å². The molecular formula is C18H23ClN6O3S. The summed E-state index contributed by atoms with van der Waals surface area (Å²) in [4.78, 5) is 0. The summed E-state index contributed by atoms with van der Waals surface area (Å²) in [7, 11) is -3.67. The molecule has 0 aliphatic heterocycles. The second kappa shape index (κ2) is 9.77. The van der Waals surface area contributed by atoms with Crippen LogP contribution in [0.3, 0.4) is 0 Å². The van der Waals surface area contributed by atoms with Crippen molar-refractivity contribution in [1.82, 2.24) is 15.6 Å². The summed E-state index contributed by atoms with van der Waals surface area (Å²) in [5, 5.41) is 20.9. The van der Waals surface area contributed by atoms with Crippen LogP contribution in [0.1, 0.15) is 41.6 Å². The fraction of sp³-hybridized carbons (Fsp3) is 0.333. The maximum atomic E-state index is 9.19. The first-order valence-corrected chi connectivity index (χ1v) is 11.0. The van der Waals surface area contributed by atoms with E-state index in [1.165, 1.54) is 0 Å². The molecule has 1 unspecified atom stereocenters. The molecule has 9 nitrogen and oxygen atoms in total. The van der Waals surface area contributed by atoms with E-state index in [0.29, 0.717) is 12.7 Å². The highest BCUT2D eigenvalue weighted by Gasteiger charge is 2.29. The van der Waals surface area contributed by atoms with Gasteiger partial charge in [0.2, 0.25) is 5.96 Å². The Bertz CT molecular complexity index is 1020. The van der Waals surface area contributed by atoms with E-state index in [1.807, 2.05) is 24.3 Å². The highest BCUT2D eigenvalue weighted by Crippen LogP contribution is 2.36. The van der Waals surface area contributed by atoms with Crippen LogP contribution in [0.15, 0.2) is 35.6 Å². The van der Waals surface area contributed by atoms with E-state index >= 15 is 0 Å². The second-order valence-corrected chi connectivity index (χ2v) is 8.36. The molecule has 1 aromatic heterocycles. The number of halogens is 1. The number of hydrazone groups is 1. The predicted molar refractivity (Wildman–Crippen MR) is 113 cm³/mol. The molecular weight excluding hydrogens is 416 g/mol. The number of nitrogens with one attached hydrogen (secondary N) is 2. The van der Waals surface area contributed by atoms with Gasteiger partial charge in [-0.1, -0.05) is 36.7 Å². The van der Waals surface area contributed by atoms with Crippen molar-refractivity contribution in [3.05, 3.63) is 57.9 Å². The number of guanidine groups is 1. The van der Waals surface area contributed by atoms with Crippen LogP contribution in [0.5, 0.6) is 0 Å². The van der Waals surface area contributed by atoms with E-state index in [2.05, 4.69) is 27.6 Å². The van der Waals surface area contributed by atoms with Crippen LogP contribution in [0.4, 0.5) is 0 Å². The van der Waals surface area contributed by atoms with Gasteiger partial charge in [-0.15, -0.1) is 0 Å². The molecule has 0 fully saturated rings. The molecule has 29 heavy (non-hydrogen) atoms. The summed E-state index contributed by atoms with van der Waals surface area (Å²) in [5.41, 5.74) is 12.9. The van der Waals surface area contributed by atoms with E-state index in [4.69, 9.17) is 27.3 Å². The molecule has 1 atom stereocenters. The Morgan fingerprint density at radius 3 is 2.66 bits per heavy atom. The zero-order chi connectivity index (χ0) is 21.6. The maximum Gasteiger partial charge on any atom is 0.261 e. The van der Waals surface area contributed by atoms with Gasteiger partial charge in [0.15, 0.2) is 0 Å². The minimum Gasteiger partial charge on any atom is -0.369 e. The molecule has 0 amide bonds. The highest BCUT2D eigenvalue weighted by atomic mass is 35.5. The van der Waals surface area contributed by atoms with Crippen LogP contribution in [0, 0.1) is 5.41 Å². The second-order valence-electron chi connectivity index (χ2n) is 6.49. The molecule has 11 heteroatoms. The number of hydrogen-bond acceptors (Lipinski definition) is 6. The average molecular weight is 439 g/mol. The quantitative estimate of drug-likeness (QED) is 0.247. The van der Waals surface area contributed by atoms with Crippen LogP contribution in [0.2, 0.25) is 5.02 Å². The monoisotopic (exact) mass is 438 g/mol. The number of aromatic nitrogens is 2. The van der Waals surface area contributed by atoms with Gasteiger partial charge in [0.1, 0.15) is 0 Å². The van der Waals surface area contributed by atoms with Crippen LogP contribution in [-0.4, -0.2) is 41.1 Å². The molecule has 0 spiro atoms. The number of benzene rings is 1. The molecule has 0 saturated carbocycles. The van der Waals surface area contributed by atoms with Crippen molar-refractivity contribution in [1.29, 1.82) is 5.41 Å². The first-order chi connectivity index (χ1) is 13.6. The molecule has 156 valence electrons. The summed E-state index contributed by atoms with van der Waals surface area (Å²) >= 11 is 6.37. The molecule has 5 N–H and O–H groups in total. The van der Waals surface area contributed by atoms with Crippen molar-refractivity contribution in [2.24, 2.45) is 10.8 Å². The topological polar surface area (TPSA) is 154 Å². The Morgan fingerprint density at radius 2 is 2.07 bits per heavy atom. The maximum absolute atomic E-state index is 9.19. The molecule has 1 aliphatic carbocycles. The van der Waals surface area contributed by atoms with Crippen molar-refractivity contribution in [2.45, 2.75) is 32.1 Å². The van der Waals surface area contributed by atoms with E-state index in [-0.39, 0.29) is 11.9 Å². The molecule has 1 aliphatic rings. The number of hydrogen-bond donors (Lipinski definition) is 4. The summed E-state index contributed by atoms with van der Waals surface area (Å²) < 4.78 is 25.9. The zero-order valence-corrected chi connectivity index (χ0v) is 17.6. The summed E-state index contributed by atoms with van der Waals surface area (Å²) in [5.74, 6) is -0.0240. The smallest absolute Gasteiger partial charge is 0.261 e. The third-order valence-electron chi connectivity index (χ3n) is 4.21. The van der Waals surface area contributed by atoms with Crippen molar-refractivity contribution < 1.29 is 13.0 Å². The minimum atomic E-state index is -3.67. The lowest BCUT2D eigenvalue weighted by Crippen LogP contribution is -2.30. The normalized spacial score (nSPS) is 17.1. The molecule has 3 rings (SSSR count). The highest BCUT2D eigenvalue weighted by molar-refractivity contribution is 7.85. The number of aryl methyl sites for hydroxylation is 1. The van der Waals surface area contributed by atoms with Gasteiger partial charge in [-0.2, -0.15) is 23.7 Å². The lowest BCUT2D eigenvalue weighted by molar-refractivity contribution is 0.490. The van der Waals surface area contributed by atoms with Crippen molar-refractivity contribution in [3.63, 3.8) is 0 Å². The number of nitrogens with zero attached hydrogens (tertiary/aromatic N) is 3. The number of nitrogens with two attached hydrogens (primary N) is 1. The molecule has 0 saturated heterocycles. The van der Waals surface area contributed by atoms with Gasteiger partial charge < -0.3 is 5.73 Å². The van der Waals surface area contributed by atoms with Crippen molar-refractivity contribution >= 4 is 33.4 Å². The fourth-order valence-corrected chi connectivity index (χ4v) is 3.42. The standard InChI is InChI=1S/C17H19ClN6.CH4O3S/c1-2-10-9-21-22-14-7-11(12-5-3-4-6-13(12)18)8-15(16(10)14)23-24-17(19)20;1-5(2,3)4/h3-6,9,11H,2,7-8H2,1H3,(H4,19,20,24);1H3,(H,2,3,4). The first kappa shape index (κ1) is 22.7. The van der Waals surface area contributed by atoms with Gasteiger partial charge in [0, 0.05) is 10.6 Å². The van der Waals surface area contributed by atoms with Gasteiger partial charge in [0.05, 0.1) is 23.9 Å². The van der Waals surface area contributed by atoms with Gasteiger partial charge in [-0.25, -0.2) is 5.43 Å². The van der Waals surface area contributed by atoms with Crippen LogP contribution in [0.25, 0.3) is 0 Å². The average Bonchev–Trinajstić information content (AvgIpc) is 2.64. The van der Waals surface area contributed by atoms with Crippen LogP contribution >= 0.6 is 11.6 Å². The van der Waals surface area contributed by atoms with Gasteiger partial charge in [-0.3, -0.25) is 9.96 Å². The molecule has 1 heterocycles. The Labute approximate surface area is 174 Å². The predicted octanol–water partition coefficient (Wildman–Crippen LogP) is 2.11. The van der Waals surface area contributed by atoms with Crippen molar-refractivity contribution in [2.75, 3.05) is 6.26 Å².